The molecule has 0 aliphatic carbocycles. The van der Waals surface area contributed by atoms with Crippen molar-refractivity contribution in [2.24, 2.45) is 0 Å². The topological polar surface area (TPSA) is 95.9 Å². The van der Waals surface area contributed by atoms with Gasteiger partial charge < -0.3 is 20.3 Å². The molecule has 0 saturated carbocycles. The number of unbranched alkanes of at least 4 members (excludes halogenated alkanes) is 55. The molecule has 1 amide bonds. The van der Waals surface area contributed by atoms with Gasteiger partial charge in [-0.05, 0) is 64.2 Å². The van der Waals surface area contributed by atoms with E-state index in [1.807, 2.05) is 6.08 Å². The summed E-state index contributed by atoms with van der Waals surface area (Å²) in [5.41, 5.74) is 0. The number of amides is 1. The van der Waals surface area contributed by atoms with Crippen LogP contribution in [-0.2, 0) is 14.3 Å². The molecule has 0 heterocycles. The average Bonchev–Trinajstić information content (AvgIpc) is 3.48. The number of ether oxygens (including phenoxy) is 1. The minimum Gasteiger partial charge on any atom is -0.466 e. The zero-order valence-corrected chi connectivity index (χ0v) is 55.5. The van der Waals surface area contributed by atoms with E-state index in [0.29, 0.717) is 19.4 Å². The van der Waals surface area contributed by atoms with Crippen molar-refractivity contribution in [2.75, 3.05) is 13.2 Å². The highest BCUT2D eigenvalue weighted by molar-refractivity contribution is 5.76. The molecule has 2 atom stereocenters. The number of esters is 1. The Kier molecular flexibility index (Phi) is 69.9. The number of aliphatic hydroxyl groups excluding tert-OH is 2. The predicted molar refractivity (Wildman–Crippen MR) is 361 cm³/mol. The number of nitrogens with one attached hydrogen (secondary N) is 1. The van der Waals surface area contributed by atoms with Crippen LogP contribution in [0.5, 0.6) is 0 Å². The standard InChI is InChI=1S/C76H145NO5/c1-3-5-7-9-11-13-15-17-19-20-21-31-34-37-41-44-48-52-56-60-64-68-74(79)73(72-78)77-75(80)69-65-61-57-53-49-45-42-38-35-32-29-27-25-23-22-24-26-28-30-33-36-39-43-47-51-55-59-63-67-71-82-76(81)70-66-62-58-54-50-46-40-18-16-14-12-10-8-6-4-2/h22,24,28,30,64,68,73-74,78-79H,3-21,23,25-27,29,31-63,65-67,69-72H2,1-2H3,(H,77,80)/b24-22-,30-28-,68-64+. The van der Waals surface area contributed by atoms with Gasteiger partial charge in [0.25, 0.3) is 0 Å². The molecule has 484 valence electrons. The van der Waals surface area contributed by atoms with E-state index < -0.39 is 12.1 Å². The van der Waals surface area contributed by atoms with Crippen LogP contribution in [0.3, 0.4) is 0 Å². The molecule has 0 aliphatic rings. The van der Waals surface area contributed by atoms with Crippen LogP contribution in [0.1, 0.15) is 412 Å². The highest BCUT2D eigenvalue weighted by atomic mass is 16.5. The second-order valence-corrected chi connectivity index (χ2v) is 25.6. The minimum atomic E-state index is -0.847. The molecule has 0 bridgehead atoms. The Morgan fingerprint density at radius 2 is 0.610 bits per heavy atom. The predicted octanol–water partition coefficient (Wildman–Crippen LogP) is 24.3. The second kappa shape index (κ2) is 71.6. The first-order valence-corrected chi connectivity index (χ1v) is 37.3. The van der Waals surface area contributed by atoms with Crippen LogP contribution in [0.15, 0.2) is 36.5 Å². The summed E-state index contributed by atoms with van der Waals surface area (Å²) in [6.07, 6.45) is 92.4. The fourth-order valence-electron chi connectivity index (χ4n) is 11.7. The van der Waals surface area contributed by atoms with Gasteiger partial charge in [-0.2, -0.15) is 0 Å². The van der Waals surface area contributed by atoms with Gasteiger partial charge in [0.2, 0.25) is 5.91 Å². The van der Waals surface area contributed by atoms with Gasteiger partial charge in [0.1, 0.15) is 0 Å². The van der Waals surface area contributed by atoms with Crippen molar-refractivity contribution in [3.05, 3.63) is 36.5 Å². The van der Waals surface area contributed by atoms with Gasteiger partial charge in [-0.15, -0.1) is 0 Å². The van der Waals surface area contributed by atoms with Crippen molar-refractivity contribution >= 4 is 11.9 Å². The van der Waals surface area contributed by atoms with Crippen LogP contribution < -0.4 is 5.32 Å². The molecule has 0 aromatic carbocycles. The summed E-state index contributed by atoms with van der Waals surface area (Å²) in [7, 11) is 0. The first-order chi connectivity index (χ1) is 40.5. The van der Waals surface area contributed by atoms with Crippen molar-refractivity contribution in [3.63, 3.8) is 0 Å². The largest absolute Gasteiger partial charge is 0.466 e. The van der Waals surface area contributed by atoms with E-state index in [-0.39, 0.29) is 18.5 Å². The van der Waals surface area contributed by atoms with Gasteiger partial charge in [-0.25, -0.2) is 0 Å². The second-order valence-electron chi connectivity index (χ2n) is 25.6. The van der Waals surface area contributed by atoms with Crippen LogP contribution in [0.4, 0.5) is 0 Å². The minimum absolute atomic E-state index is 0.0152. The third kappa shape index (κ3) is 67.2. The average molecular weight is 1150 g/mol. The number of aliphatic hydroxyl groups is 2. The van der Waals surface area contributed by atoms with E-state index in [9.17, 15) is 19.8 Å². The summed E-state index contributed by atoms with van der Waals surface area (Å²) >= 11 is 0. The highest BCUT2D eigenvalue weighted by Gasteiger charge is 2.18. The van der Waals surface area contributed by atoms with Gasteiger partial charge in [0.05, 0.1) is 25.4 Å². The third-order valence-electron chi connectivity index (χ3n) is 17.4. The Morgan fingerprint density at radius 1 is 0.341 bits per heavy atom. The SMILES string of the molecule is CCCCCCCCCCCCCCCCCCCCC/C=C/C(O)C(CO)NC(=O)CCCCCCCCCCCCCCC/C=C\C/C=C\CCCCCCCCCCCOC(=O)CCCCCCCCCCCCCCCCC. The number of hydrogen-bond donors (Lipinski definition) is 3. The van der Waals surface area contributed by atoms with Gasteiger partial charge in [0.15, 0.2) is 0 Å². The van der Waals surface area contributed by atoms with Crippen LogP contribution >= 0.6 is 0 Å². The van der Waals surface area contributed by atoms with Crippen molar-refractivity contribution in [3.8, 4) is 0 Å². The number of carbonyl (C=O) groups excluding carboxylic acids is 2. The molecule has 0 aromatic heterocycles. The number of hydrogen-bond acceptors (Lipinski definition) is 5. The van der Waals surface area contributed by atoms with Crippen molar-refractivity contribution in [1.82, 2.24) is 5.32 Å². The number of rotatable bonds is 70. The molecule has 0 spiro atoms. The Balaban J connectivity index is 3.42. The first-order valence-electron chi connectivity index (χ1n) is 37.3. The van der Waals surface area contributed by atoms with Crippen molar-refractivity contribution in [2.45, 2.75) is 424 Å². The maximum atomic E-state index is 12.5. The van der Waals surface area contributed by atoms with Crippen LogP contribution in [0.2, 0.25) is 0 Å². The molecule has 3 N–H and O–H groups in total. The number of allylic oxidation sites excluding steroid dienone is 5. The Hall–Kier alpha value is -1.92. The van der Waals surface area contributed by atoms with Gasteiger partial charge in [-0.3, -0.25) is 9.59 Å². The van der Waals surface area contributed by atoms with Gasteiger partial charge in [0, 0.05) is 12.8 Å². The lowest BCUT2D eigenvalue weighted by Gasteiger charge is -2.20. The monoisotopic (exact) mass is 1150 g/mol. The summed E-state index contributed by atoms with van der Waals surface area (Å²) in [5.74, 6) is -0.0499. The normalized spacial score (nSPS) is 12.7. The molecular formula is C76H145NO5. The molecule has 0 fully saturated rings. The molecule has 0 rings (SSSR count). The quantitative estimate of drug-likeness (QED) is 0.0320. The summed E-state index contributed by atoms with van der Waals surface area (Å²) in [6, 6.07) is -0.630. The smallest absolute Gasteiger partial charge is 0.305 e. The summed E-state index contributed by atoms with van der Waals surface area (Å²) < 4.78 is 5.50. The maximum Gasteiger partial charge on any atom is 0.305 e. The van der Waals surface area contributed by atoms with E-state index in [4.69, 9.17) is 4.74 Å². The van der Waals surface area contributed by atoms with E-state index >= 15 is 0 Å². The number of carbonyl (C=O) groups is 2. The maximum absolute atomic E-state index is 12.5. The summed E-state index contributed by atoms with van der Waals surface area (Å²) in [4.78, 5) is 24.6. The molecule has 0 aliphatic heterocycles. The van der Waals surface area contributed by atoms with E-state index in [0.717, 1.165) is 44.9 Å². The zero-order valence-electron chi connectivity index (χ0n) is 55.5. The van der Waals surface area contributed by atoms with Gasteiger partial charge >= 0.3 is 5.97 Å². The Labute approximate surface area is 513 Å². The molecule has 0 saturated heterocycles. The Bertz CT molecular complexity index is 1330. The van der Waals surface area contributed by atoms with E-state index in [1.165, 1.54) is 340 Å². The molecule has 82 heavy (non-hydrogen) atoms. The Morgan fingerprint density at radius 3 is 0.927 bits per heavy atom. The lowest BCUT2D eigenvalue weighted by molar-refractivity contribution is -0.143. The van der Waals surface area contributed by atoms with Crippen molar-refractivity contribution in [1.29, 1.82) is 0 Å². The van der Waals surface area contributed by atoms with Crippen LogP contribution in [0, 0.1) is 0 Å². The molecule has 6 nitrogen and oxygen atoms in total. The third-order valence-corrected chi connectivity index (χ3v) is 17.4. The molecule has 6 heteroatoms. The molecule has 0 aromatic rings. The highest BCUT2D eigenvalue weighted by Crippen LogP contribution is 2.19. The fraction of sp³-hybridized carbons (Fsp3) is 0.895. The molecular weight excluding hydrogens is 1010 g/mol. The van der Waals surface area contributed by atoms with E-state index in [1.54, 1.807) is 6.08 Å². The van der Waals surface area contributed by atoms with Gasteiger partial charge in [-0.1, -0.05) is 371 Å². The molecule has 2 unspecified atom stereocenters. The molecule has 0 radical (unpaired) electrons. The summed E-state index contributed by atoms with van der Waals surface area (Å²) in [5, 5.41) is 23.3. The van der Waals surface area contributed by atoms with E-state index in [2.05, 4.69) is 43.5 Å². The van der Waals surface area contributed by atoms with Crippen LogP contribution in [-0.4, -0.2) is 47.4 Å². The van der Waals surface area contributed by atoms with Crippen LogP contribution in [0.25, 0.3) is 0 Å². The summed E-state index contributed by atoms with van der Waals surface area (Å²) in [6.45, 7) is 4.94. The lowest BCUT2D eigenvalue weighted by Crippen LogP contribution is -2.45. The zero-order chi connectivity index (χ0) is 59.2. The first kappa shape index (κ1) is 80.1. The lowest BCUT2D eigenvalue weighted by atomic mass is 10.0. The van der Waals surface area contributed by atoms with Crippen molar-refractivity contribution < 1.29 is 24.5 Å². The fourth-order valence-corrected chi connectivity index (χ4v) is 11.7.